The van der Waals surface area contributed by atoms with Crippen molar-refractivity contribution in [2.24, 2.45) is 0 Å². The van der Waals surface area contributed by atoms with E-state index < -0.39 is 28.3 Å². The lowest BCUT2D eigenvalue weighted by Gasteiger charge is -2.24. The fraction of sp³-hybridized carbons (Fsp3) is 0.208. The number of anilines is 2. The zero-order valence-corrected chi connectivity index (χ0v) is 19.1. The minimum absolute atomic E-state index is 0.0230. The number of carbonyl (C=O) groups excluding carboxylic acids is 1. The molecule has 0 saturated heterocycles. The van der Waals surface area contributed by atoms with Gasteiger partial charge >= 0.3 is 0 Å². The molecule has 0 fully saturated rings. The van der Waals surface area contributed by atoms with E-state index in [-0.39, 0.29) is 10.6 Å². The molecule has 0 aromatic heterocycles. The van der Waals surface area contributed by atoms with Crippen molar-refractivity contribution in [2.75, 3.05) is 29.9 Å². The van der Waals surface area contributed by atoms with Gasteiger partial charge in [0.25, 0.3) is 10.0 Å². The van der Waals surface area contributed by atoms with Gasteiger partial charge in [0.1, 0.15) is 18.1 Å². The van der Waals surface area contributed by atoms with Gasteiger partial charge in [-0.25, -0.2) is 12.8 Å². The van der Waals surface area contributed by atoms with Gasteiger partial charge in [0.05, 0.1) is 23.8 Å². The van der Waals surface area contributed by atoms with Crippen LogP contribution in [0.4, 0.5) is 15.8 Å². The van der Waals surface area contributed by atoms with Gasteiger partial charge < -0.3 is 14.8 Å². The quantitative estimate of drug-likeness (QED) is 0.478. The molecule has 3 aromatic rings. The van der Waals surface area contributed by atoms with E-state index in [0.29, 0.717) is 24.7 Å². The summed E-state index contributed by atoms with van der Waals surface area (Å²) in [5.41, 5.74) is 1.52. The molecule has 0 aliphatic carbocycles. The molecule has 3 aromatic carbocycles. The molecule has 33 heavy (non-hydrogen) atoms. The van der Waals surface area contributed by atoms with Crippen LogP contribution < -0.4 is 14.4 Å². The smallest absolute Gasteiger partial charge is 0.264 e. The maximum absolute atomic E-state index is 13.5. The molecule has 3 rings (SSSR count). The van der Waals surface area contributed by atoms with Gasteiger partial charge in [0.15, 0.2) is 0 Å². The first-order chi connectivity index (χ1) is 15.8. The summed E-state index contributed by atoms with van der Waals surface area (Å²) in [5.74, 6) is -0.543. The number of amides is 1. The Kier molecular flexibility index (Phi) is 8.02. The van der Waals surface area contributed by atoms with Crippen molar-refractivity contribution in [1.82, 2.24) is 0 Å². The number of sulfonamides is 1. The summed E-state index contributed by atoms with van der Waals surface area (Å²) >= 11 is 0. The largest absolute Gasteiger partial charge is 0.494 e. The third kappa shape index (κ3) is 6.30. The average Bonchev–Trinajstić information content (AvgIpc) is 2.79. The zero-order chi connectivity index (χ0) is 23.8. The normalized spacial score (nSPS) is 11.1. The van der Waals surface area contributed by atoms with Crippen LogP contribution in [0, 0.1) is 5.82 Å². The number of rotatable bonds is 10. The molecule has 174 valence electrons. The van der Waals surface area contributed by atoms with Gasteiger partial charge in [-0.05, 0) is 73.2 Å². The Morgan fingerprint density at radius 3 is 2.36 bits per heavy atom. The molecule has 0 saturated carbocycles. The van der Waals surface area contributed by atoms with E-state index in [1.807, 2.05) is 13.0 Å². The molecule has 1 N–H and O–H groups in total. The van der Waals surface area contributed by atoms with E-state index >= 15 is 0 Å². The summed E-state index contributed by atoms with van der Waals surface area (Å²) in [6, 6.07) is 17.9. The fourth-order valence-corrected chi connectivity index (χ4v) is 4.58. The molecule has 1 amide bonds. The first kappa shape index (κ1) is 24.2. The van der Waals surface area contributed by atoms with Gasteiger partial charge in [0.2, 0.25) is 5.91 Å². The van der Waals surface area contributed by atoms with Crippen LogP contribution in [0.25, 0.3) is 0 Å². The maximum atomic E-state index is 13.5. The van der Waals surface area contributed by atoms with Crippen LogP contribution in [0.5, 0.6) is 5.75 Å². The summed E-state index contributed by atoms with van der Waals surface area (Å²) in [6.45, 7) is 2.14. The monoisotopic (exact) mass is 472 g/mol. The van der Waals surface area contributed by atoms with Crippen molar-refractivity contribution >= 4 is 27.3 Å². The molecular formula is C24H25FN2O5S. The fourth-order valence-electron chi connectivity index (χ4n) is 3.16. The molecule has 0 aliphatic heterocycles. The second-order valence-corrected chi connectivity index (χ2v) is 8.94. The minimum Gasteiger partial charge on any atom is -0.494 e. The number of nitrogens with zero attached hydrogens (tertiary/aromatic N) is 1. The van der Waals surface area contributed by atoms with Gasteiger partial charge in [-0.1, -0.05) is 12.1 Å². The highest BCUT2D eigenvalue weighted by molar-refractivity contribution is 7.92. The third-order valence-electron chi connectivity index (χ3n) is 4.65. The van der Waals surface area contributed by atoms with Crippen LogP contribution in [0.3, 0.4) is 0 Å². The Morgan fingerprint density at radius 2 is 1.73 bits per heavy atom. The summed E-state index contributed by atoms with van der Waals surface area (Å²) in [7, 11) is -2.56. The third-order valence-corrected chi connectivity index (χ3v) is 6.43. The number of nitrogens with one attached hydrogen (secondary N) is 1. The highest BCUT2D eigenvalue weighted by Gasteiger charge is 2.27. The number of halogens is 1. The van der Waals surface area contributed by atoms with E-state index in [4.69, 9.17) is 9.47 Å². The number of hydrogen-bond donors (Lipinski definition) is 1. The number of hydrogen-bond acceptors (Lipinski definition) is 5. The predicted molar refractivity (Wildman–Crippen MR) is 124 cm³/mol. The van der Waals surface area contributed by atoms with Crippen molar-refractivity contribution < 1.29 is 27.1 Å². The van der Waals surface area contributed by atoms with Crippen molar-refractivity contribution in [3.8, 4) is 5.75 Å². The van der Waals surface area contributed by atoms with Crippen LogP contribution in [0.2, 0.25) is 0 Å². The van der Waals surface area contributed by atoms with Crippen molar-refractivity contribution in [1.29, 1.82) is 0 Å². The van der Waals surface area contributed by atoms with Gasteiger partial charge in [-0.15, -0.1) is 0 Å². The standard InChI is InChI=1S/C24H25FN2O5S/c1-3-32-22-11-13-23(14-12-22)33(29,30)27(21-9-7-19(25)8-10-21)16-24(28)26-20-6-4-5-18(15-20)17-31-2/h4-15H,3,16-17H2,1-2H3,(H,26,28). The molecule has 0 aliphatic rings. The second-order valence-electron chi connectivity index (χ2n) is 7.07. The van der Waals surface area contributed by atoms with Crippen LogP contribution >= 0.6 is 0 Å². The topological polar surface area (TPSA) is 84.9 Å². The highest BCUT2D eigenvalue weighted by Crippen LogP contribution is 2.26. The Hall–Kier alpha value is -3.43. The van der Waals surface area contributed by atoms with Crippen LogP contribution in [-0.2, 0) is 26.2 Å². The van der Waals surface area contributed by atoms with Crippen LogP contribution in [0.15, 0.2) is 77.7 Å². The number of methoxy groups -OCH3 is 1. The second kappa shape index (κ2) is 10.9. The van der Waals surface area contributed by atoms with E-state index in [2.05, 4.69) is 5.32 Å². The summed E-state index contributed by atoms with van der Waals surface area (Å²) in [5, 5.41) is 2.71. The molecule has 0 bridgehead atoms. The molecule has 0 atom stereocenters. The summed E-state index contributed by atoms with van der Waals surface area (Å²) in [4.78, 5) is 12.8. The number of ether oxygens (including phenoxy) is 2. The molecule has 9 heteroatoms. The number of carbonyl (C=O) groups is 1. The Bertz CT molecular complexity index is 1180. The Balaban J connectivity index is 1.89. The summed E-state index contributed by atoms with van der Waals surface area (Å²) in [6.07, 6.45) is 0. The van der Waals surface area contributed by atoms with Crippen molar-refractivity contribution in [2.45, 2.75) is 18.4 Å². The lowest BCUT2D eigenvalue weighted by Crippen LogP contribution is -2.38. The van der Waals surface area contributed by atoms with E-state index in [0.717, 1.165) is 22.0 Å². The lowest BCUT2D eigenvalue weighted by molar-refractivity contribution is -0.114. The molecule has 0 heterocycles. The SMILES string of the molecule is CCOc1ccc(S(=O)(=O)N(CC(=O)Nc2cccc(COC)c2)c2ccc(F)cc2)cc1. The lowest BCUT2D eigenvalue weighted by atomic mass is 10.2. The van der Waals surface area contributed by atoms with Crippen LogP contribution in [0.1, 0.15) is 12.5 Å². The van der Waals surface area contributed by atoms with Crippen LogP contribution in [-0.4, -0.2) is 34.6 Å². The van der Waals surface area contributed by atoms with E-state index in [1.165, 1.54) is 24.3 Å². The molecule has 0 unspecified atom stereocenters. The van der Waals surface area contributed by atoms with E-state index in [9.17, 15) is 17.6 Å². The highest BCUT2D eigenvalue weighted by atomic mass is 32.2. The van der Waals surface area contributed by atoms with Gasteiger partial charge in [0, 0.05) is 12.8 Å². The van der Waals surface area contributed by atoms with E-state index in [1.54, 1.807) is 37.4 Å². The first-order valence-corrected chi connectivity index (χ1v) is 11.7. The van der Waals surface area contributed by atoms with Gasteiger partial charge in [-0.2, -0.15) is 0 Å². The summed E-state index contributed by atoms with van der Waals surface area (Å²) < 4.78 is 51.7. The molecule has 7 nitrogen and oxygen atoms in total. The molecule has 0 spiro atoms. The average molecular weight is 473 g/mol. The predicted octanol–water partition coefficient (Wildman–Crippen LogP) is 4.20. The molecular weight excluding hydrogens is 447 g/mol. The first-order valence-electron chi connectivity index (χ1n) is 10.2. The van der Waals surface area contributed by atoms with Crippen molar-refractivity contribution in [3.05, 3.63) is 84.2 Å². The van der Waals surface area contributed by atoms with Gasteiger partial charge in [-0.3, -0.25) is 9.10 Å². The maximum Gasteiger partial charge on any atom is 0.264 e. The zero-order valence-electron chi connectivity index (χ0n) is 18.3. The Morgan fingerprint density at radius 1 is 1.03 bits per heavy atom. The minimum atomic E-state index is -4.13. The number of benzene rings is 3. The Labute approximate surface area is 192 Å². The van der Waals surface area contributed by atoms with Crippen molar-refractivity contribution in [3.63, 3.8) is 0 Å². The molecule has 0 radical (unpaired) electrons.